The van der Waals surface area contributed by atoms with Gasteiger partial charge in [-0.2, -0.15) is 18.4 Å². The minimum Gasteiger partial charge on any atom is -0.382 e. The van der Waals surface area contributed by atoms with E-state index >= 15 is 0 Å². The molecule has 7 heteroatoms. The Bertz CT molecular complexity index is 443. The fraction of sp³-hybridized carbons (Fsp3) is 0.364. The van der Waals surface area contributed by atoms with Crippen molar-refractivity contribution in [1.82, 2.24) is 0 Å². The first-order valence-corrected chi connectivity index (χ1v) is 5.80. The molecule has 3 nitrogen and oxygen atoms in total. The van der Waals surface area contributed by atoms with Crippen LogP contribution in [0, 0.1) is 11.3 Å². The van der Waals surface area contributed by atoms with E-state index in [2.05, 4.69) is 26.0 Å². The predicted octanol–water partition coefficient (Wildman–Crippen LogP) is 3.31. The van der Waals surface area contributed by atoms with E-state index in [9.17, 15) is 13.2 Å². The van der Waals surface area contributed by atoms with E-state index in [4.69, 9.17) is 5.26 Å². The first-order valence-electron chi connectivity index (χ1n) is 5.00. The predicted molar refractivity (Wildman–Crippen MR) is 64.2 cm³/mol. The molecule has 98 valence electrons. The summed E-state index contributed by atoms with van der Waals surface area (Å²) in [5, 5.41) is 11.7. The van der Waals surface area contributed by atoms with Gasteiger partial charge in [-0.05, 0) is 18.2 Å². The lowest BCUT2D eigenvalue weighted by molar-refractivity contribution is -0.172. The highest BCUT2D eigenvalue weighted by atomic mass is 79.9. The van der Waals surface area contributed by atoms with E-state index in [-0.39, 0.29) is 13.2 Å². The van der Waals surface area contributed by atoms with E-state index < -0.39 is 12.8 Å². The Labute approximate surface area is 111 Å². The number of benzene rings is 1. The summed E-state index contributed by atoms with van der Waals surface area (Å²) in [4.78, 5) is 0. The number of anilines is 1. The maximum absolute atomic E-state index is 11.8. The van der Waals surface area contributed by atoms with Gasteiger partial charge in [0.2, 0.25) is 0 Å². The van der Waals surface area contributed by atoms with Crippen LogP contribution in [0.2, 0.25) is 0 Å². The molecule has 0 aliphatic carbocycles. The normalized spacial score (nSPS) is 11.1. The summed E-state index contributed by atoms with van der Waals surface area (Å²) in [5.41, 5.74) is 0.983. The fourth-order valence-corrected chi connectivity index (χ4v) is 1.57. The lowest BCUT2D eigenvalue weighted by atomic mass is 10.2. The molecule has 0 amide bonds. The highest BCUT2D eigenvalue weighted by Crippen LogP contribution is 2.20. The van der Waals surface area contributed by atoms with Gasteiger partial charge in [-0.1, -0.05) is 15.9 Å². The number of ether oxygens (including phenoxy) is 1. The summed E-state index contributed by atoms with van der Waals surface area (Å²) in [5.74, 6) is 0. The molecule has 18 heavy (non-hydrogen) atoms. The summed E-state index contributed by atoms with van der Waals surface area (Å²) in [6.45, 7) is -1.15. The van der Waals surface area contributed by atoms with Crippen LogP contribution in [0.15, 0.2) is 22.7 Å². The minimum atomic E-state index is -4.31. The second-order valence-electron chi connectivity index (χ2n) is 3.40. The summed E-state index contributed by atoms with van der Waals surface area (Å²) in [6, 6.07) is 7.02. The van der Waals surface area contributed by atoms with E-state index in [1.54, 1.807) is 18.2 Å². The number of halogens is 4. The van der Waals surface area contributed by atoms with E-state index in [0.717, 1.165) is 4.47 Å². The van der Waals surface area contributed by atoms with E-state index in [1.807, 2.05) is 6.07 Å². The average molecular weight is 323 g/mol. The van der Waals surface area contributed by atoms with Gasteiger partial charge in [0, 0.05) is 11.0 Å². The fourth-order valence-electron chi connectivity index (χ4n) is 1.21. The van der Waals surface area contributed by atoms with Gasteiger partial charge in [0.1, 0.15) is 12.7 Å². The van der Waals surface area contributed by atoms with Crippen LogP contribution in [0.3, 0.4) is 0 Å². The second kappa shape index (κ2) is 6.61. The Morgan fingerprint density at radius 1 is 1.39 bits per heavy atom. The number of rotatable bonds is 5. The molecule has 1 aromatic carbocycles. The molecule has 0 saturated heterocycles. The number of hydrogen-bond acceptors (Lipinski definition) is 3. The van der Waals surface area contributed by atoms with Gasteiger partial charge >= 0.3 is 6.18 Å². The molecule has 1 aromatic rings. The summed E-state index contributed by atoms with van der Waals surface area (Å²) >= 11 is 3.22. The zero-order valence-corrected chi connectivity index (χ0v) is 10.8. The summed E-state index contributed by atoms with van der Waals surface area (Å²) < 4.78 is 40.5. The van der Waals surface area contributed by atoms with Crippen molar-refractivity contribution in [2.75, 3.05) is 25.1 Å². The third kappa shape index (κ3) is 5.38. The zero-order valence-electron chi connectivity index (χ0n) is 9.22. The average Bonchev–Trinajstić information content (AvgIpc) is 2.28. The Kier molecular flexibility index (Phi) is 5.44. The molecule has 0 aliphatic rings. The van der Waals surface area contributed by atoms with Crippen molar-refractivity contribution in [3.63, 3.8) is 0 Å². The van der Waals surface area contributed by atoms with Gasteiger partial charge < -0.3 is 10.1 Å². The molecule has 0 bridgehead atoms. The molecular formula is C11H10BrF3N2O. The van der Waals surface area contributed by atoms with Gasteiger partial charge in [0.25, 0.3) is 0 Å². The molecule has 0 fully saturated rings. The smallest absolute Gasteiger partial charge is 0.382 e. The highest BCUT2D eigenvalue weighted by Gasteiger charge is 2.27. The molecule has 1 N–H and O–H groups in total. The van der Waals surface area contributed by atoms with Crippen molar-refractivity contribution >= 4 is 21.6 Å². The molecule has 0 aliphatic heterocycles. The van der Waals surface area contributed by atoms with Crippen LogP contribution in [-0.2, 0) is 4.74 Å². The maximum atomic E-state index is 11.8. The minimum absolute atomic E-state index is 0.0829. The maximum Gasteiger partial charge on any atom is 0.411 e. The van der Waals surface area contributed by atoms with Crippen molar-refractivity contribution < 1.29 is 17.9 Å². The van der Waals surface area contributed by atoms with Crippen LogP contribution >= 0.6 is 15.9 Å². The van der Waals surface area contributed by atoms with Crippen LogP contribution in [0.5, 0.6) is 0 Å². The lowest BCUT2D eigenvalue weighted by Crippen LogP contribution is -2.20. The standard InChI is InChI=1S/C11H10BrF3N2O/c12-9-1-2-10(8(5-9)6-16)17-3-4-18-7-11(13,14)15/h1-2,5,17H,3-4,7H2. The molecule has 0 atom stereocenters. The lowest BCUT2D eigenvalue weighted by Gasteiger charge is -2.10. The third-order valence-electron chi connectivity index (χ3n) is 1.93. The van der Waals surface area contributed by atoms with Gasteiger partial charge in [-0.25, -0.2) is 0 Å². The molecule has 0 saturated carbocycles. The highest BCUT2D eigenvalue weighted by molar-refractivity contribution is 9.10. The topological polar surface area (TPSA) is 45.0 Å². The van der Waals surface area contributed by atoms with Crippen LogP contribution in [0.4, 0.5) is 18.9 Å². The van der Waals surface area contributed by atoms with Crippen LogP contribution in [0.1, 0.15) is 5.56 Å². The van der Waals surface area contributed by atoms with Crippen LogP contribution in [-0.4, -0.2) is 25.9 Å². The number of nitrogens with zero attached hydrogens (tertiary/aromatic N) is 1. The molecule has 0 aromatic heterocycles. The SMILES string of the molecule is N#Cc1cc(Br)ccc1NCCOCC(F)(F)F. The molecule has 0 heterocycles. The molecule has 0 spiro atoms. The zero-order chi connectivity index (χ0) is 13.6. The van der Waals surface area contributed by atoms with Gasteiger partial charge in [-0.3, -0.25) is 0 Å². The second-order valence-corrected chi connectivity index (χ2v) is 4.31. The van der Waals surface area contributed by atoms with Gasteiger partial charge in [0.05, 0.1) is 17.9 Å². The monoisotopic (exact) mass is 322 g/mol. The van der Waals surface area contributed by atoms with Crippen molar-refractivity contribution in [3.8, 4) is 6.07 Å². The number of nitriles is 1. The quantitative estimate of drug-likeness (QED) is 0.846. The summed E-state index contributed by atoms with van der Waals surface area (Å²) in [7, 11) is 0. The van der Waals surface area contributed by atoms with E-state index in [0.29, 0.717) is 11.3 Å². The Morgan fingerprint density at radius 3 is 2.72 bits per heavy atom. The van der Waals surface area contributed by atoms with Crippen molar-refractivity contribution in [3.05, 3.63) is 28.2 Å². The number of nitrogens with one attached hydrogen (secondary N) is 1. The third-order valence-corrected chi connectivity index (χ3v) is 2.42. The Hall–Kier alpha value is -1.26. The van der Waals surface area contributed by atoms with E-state index in [1.165, 1.54) is 0 Å². The molecule has 0 unspecified atom stereocenters. The van der Waals surface area contributed by atoms with Gasteiger partial charge in [-0.15, -0.1) is 0 Å². The van der Waals surface area contributed by atoms with Crippen LogP contribution < -0.4 is 5.32 Å². The Morgan fingerprint density at radius 2 is 2.11 bits per heavy atom. The largest absolute Gasteiger partial charge is 0.411 e. The molecule has 1 rings (SSSR count). The van der Waals surface area contributed by atoms with Crippen molar-refractivity contribution in [1.29, 1.82) is 5.26 Å². The van der Waals surface area contributed by atoms with Crippen LogP contribution in [0.25, 0.3) is 0 Å². The number of hydrogen-bond donors (Lipinski definition) is 1. The first-order chi connectivity index (χ1) is 8.42. The number of alkyl halides is 3. The van der Waals surface area contributed by atoms with Crippen molar-refractivity contribution in [2.45, 2.75) is 6.18 Å². The molecular weight excluding hydrogens is 313 g/mol. The molecule has 0 radical (unpaired) electrons. The summed E-state index contributed by atoms with van der Waals surface area (Å²) in [6.07, 6.45) is -4.31. The Balaban J connectivity index is 2.38. The van der Waals surface area contributed by atoms with Crippen molar-refractivity contribution in [2.24, 2.45) is 0 Å². The van der Waals surface area contributed by atoms with Gasteiger partial charge in [0.15, 0.2) is 0 Å². The first kappa shape index (κ1) is 14.8.